The average molecular weight is 345 g/mol. The molecule has 128 valence electrons. The van der Waals surface area contributed by atoms with Gasteiger partial charge in [-0.3, -0.25) is 4.79 Å². The van der Waals surface area contributed by atoms with Gasteiger partial charge in [-0.2, -0.15) is 11.8 Å². The van der Waals surface area contributed by atoms with Crippen molar-refractivity contribution in [3.05, 3.63) is 65.7 Å². The number of nitrogens with one attached hydrogen (secondary N) is 1. The summed E-state index contributed by atoms with van der Waals surface area (Å²) in [6, 6.07) is 18.3. The Balaban J connectivity index is 1.63. The summed E-state index contributed by atoms with van der Waals surface area (Å²) in [7, 11) is 0. The molecule has 2 N–H and O–H groups in total. The van der Waals surface area contributed by atoms with Crippen LogP contribution >= 0.6 is 11.8 Å². The Morgan fingerprint density at radius 3 is 2.67 bits per heavy atom. The predicted octanol–water partition coefficient (Wildman–Crippen LogP) is 3.56. The highest BCUT2D eigenvalue weighted by molar-refractivity contribution is 7.98. The third kappa shape index (κ3) is 7.53. The van der Waals surface area contributed by atoms with Gasteiger partial charge in [0, 0.05) is 24.6 Å². The molecule has 0 bridgehead atoms. The zero-order valence-corrected chi connectivity index (χ0v) is 14.4. The van der Waals surface area contributed by atoms with E-state index in [9.17, 15) is 4.79 Å². The zero-order chi connectivity index (χ0) is 17.0. The van der Waals surface area contributed by atoms with Gasteiger partial charge in [-0.05, 0) is 23.3 Å². The van der Waals surface area contributed by atoms with E-state index in [1.54, 1.807) is 0 Å². The Labute approximate surface area is 147 Å². The summed E-state index contributed by atoms with van der Waals surface area (Å²) < 4.78 is 5.79. The molecule has 4 nitrogen and oxygen atoms in total. The minimum Gasteiger partial charge on any atom is -0.493 e. The van der Waals surface area contributed by atoms with Crippen LogP contribution in [-0.2, 0) is 17.1 Å². The van der Waals surface area contributed by atoms with Crippen LogP contribution in [0.2, 0.25) is 0 Å². The molecule has 5 heteroatoms. The van der Waals surface area contributed by atoms with Gasteiger partial charge in [0.15, 0.2) is 0 Å². The molecule has 0 aliphatic carbocycles. The van der Waals surface area contributed by atoms with E-state index in [1.165, 1.54) is 5.56 Å². The smallest absolute Gasteiger partial charge is 0.304 e. The number of carboxylic acid groups (broad SMARTS) is 1. The van der Waals surface area contributed by atoms with Crippen molar-refractivity contribution >= 4 is 17.7 Å². The molecule has 2 rings (SSSR count). The monoisotopic (exact) mass is 345 g/mol. The fraction of sp³-hybridized carbons (Fsp3) is 0.316. The molecule has 2 aromatic rings. The zero-order valence-electron chi connectivity index (χ0n) is 13.6. The molecule has 0 saturated carbocycles. The number of carbonyl (C=O) groups is 1. The van der Waals surface area contributed by atoms with Gasteiger partial charge in [0.1, 0.15) is 5.75 Å². The lowest BCUT2D eigenvalue weighted by Gasteiger charge is -2.09. The van der Waals surface area contributed by atoms with E-state index >= 15 is 0 Å². The summed E-state index contributed by atoms with van der Waals surface area (Å²) in [5.74, 6) is 2.01. The van der Waals surface area contributed by atoms with Gasteiger partial charge in [-0.25, -0.2) is 0 Å². The second-order valence-corrected chi connectivity index (χ2v) is 6.46. The largest absolute Gasteiger partial charge is 0.493 e. The number of benzene rings is 2. The van der Waals surface area contributed by atoms with Gasteiger partial charge < -0.3 is 15.2 Å². The quantitative estimate of drug-likeness (QED) is 0.610. The van der Waals surface area contributed by atoms with E-state index in [0.29, 0.717) is 19.7 Å². The average Bonchev–Trinajstić information content (AvgIpc) is 2.60. The lowest BCUT2D eigenvalue weighted by atomic mass is 10.2. The molecule has 0 aliphatic heterocycles. The fourth-order valence-electron chi connectivity index (χ4n) is 2.16. The fourth-order valence-corrected chi connectivity index (χ4v) is 2.93. The van der Waals surface area contributed by atoms with Gasteiger partial charge in [-0.1, -0.05) is 42.5 Å². The van der Waals surface area contributed by atoms with Crippen LogP contribution in [-0.4, -0.2) is 30.0 Å². The van der Waals surface area contributed by atoms with Crippen molar-refractivity contribution in [3.63, 3.8) is 0 Å². The second kappa shape index (κ2) is 10.7. The molecule has 0 aliphatic rings. The number of thioether (sulfide) groups is 1. The van der Waals surface area contributed by atoms with Crippen LogP contribution in [0.25, 0.3) is 0 Å². The van der Waals surface area contributed by atoms with E-state index in [2.05, 4.69) is 29.6 Å². The van der Waals surface area contributed by atoms with Gasteiger partial charge >= 0.3 is 5.97 Å². The highest BCUT2D eigenvalue weighted by Crippen LogP contribution is 2.15. The third-order valence-corrected chi connectivity index (χ3v) is 4.34. The molecular formula is C19H23NO3S. The Kier molecular flexibility index (Phi) is 8.21. The van der Waals surface area contributed by atoms with Crippen molar-refractivity contribution in [1.29, 1.82) is 0 Å². The summed E-state index contributed by atoms with van der Waals surface area (Å²) in [6.07, 6.45) is 0.134. The maximum Gasteiger partial charge on any atom is 0.304 e. The lowest BCUT2D eigenvalue weighted by molar-refractivity contribution is -0.136. The highest BCUT2D eigenvalue weighted by Gasteiger charge is 2.00. The first-order valence-electron chi connectivity index (χ1n) is 8.00. The topological polar surface area (TPSA) is 58.6 Å². The SMILES string of the molecule is O=C(O)CCNCc1cccc(OCCSCc2ccccc2)c1. The maximum atomic E-state index is 10.5. The molecule has 0 spiro atoms. The Morgan fingerprint density at radius 1 is 1.08 bits per heavy atom. The molecule has 0 atom stereocenters. The van der Waals surface area contributed by atoms with Gasteiger partial charge in [-0.15, -0.1) is 0 Å². The van der Waals surface area contributed by atoms with Crippen molar-refractivity contribution in [2.24, 2.45) is 0 Å². The number of rotatable bonds is 11. The summed E-state index contributed by atoms with van der Waals surface area (Å²) >= 11 is 1.86. The molecule has 0 fully saturated rings. The number of ether oxygens (including phenoxy) is 1. The Morgan fingerprint density at radius 2 is 1.88 bits per heavy atom. The Hall–Kier alpha value is -1.98. The van der Waals surface area contributed by atoms with E-state index in [-0.39, 0.29) is 6.42 Å². The molecular weight excluding hydrogens is 322 g/mol. The van der Waals surface area contributed by atoms with Crippen molar-refractivity contribution in [2.75, 3.05) is 18.9 Å². The van der Waals surface area contributed by atoms with Crippen LogP contribution < -0.4 is 10.1 Å². The third-order valence-electron chi connectivity index (χ3n) is 3.35. The maximum absolute atomic E-state index is 10.5. The summed E-state index contributed by atoms with van der Waals surface area (Å²) in [5, 5.41) is 11.7. The van der Waals surface area contributed by atoms with Crippen LogP contribution in [0.1, 0.15) is 17.5 Å². The molecule has 0 radical (unpaired) electrons. The van der Waals surface area contributed by atoms with Gasteiger partial charge in [0.25, 0.3) is 0 Å². The van der Waals surface area contributed by atoms with Gasteiger partial charge in [0.2, 0.25) is 0 Å². The normalized spacial score (nSPS) is 10.5. The van der Waals surface area contributed by atoms with Crippen molar-refractivity contribution < 1.29 is 14.6 Å². The van der Waals surface area contributed by atoms with E-state index in [1.807, 2.05) is 42.1 Å². The van der Waals surface area contributed by atoms with Crippen molar-refractivity contribution in [2.45, 2.75) is 18.7 Å². The molecule has 0 unspecified atom stereocenters. The van der Waals surface area contributed by atoms with Crippen molar-refractivity contribution in [3.8, 4) is 5.75 Å². The minimum absolute atomic E-state index is 0.134. The summed E-state index contributed by atoms with van der Waals surface area (Å²) in [6.45, 7) is 1.79. The van der Waals surface area contributed by atoms with Crippen LogP contribution in [0.5, 0.6) is 5.75 Å². The molecule has 0 aromatic heterocycles. The van der Waals surface area contributed by atoms with Crippen LogP contribution in [0.4, 0.5) is 0 Å². The first-order valence-corrected chi connectivity index (χ1v) is 9.15. The van der Waals surface area contributed by atoms with Crippen molar-refractivity contribution in [1.82, 2.24) is 5.32 Å². The van der Waals surface area contributed by atoms with E-state index in [4.69, 9.17) is 9.84 Å². The van der Waals surface area contributed by atoms with E-state index < -0.39 is 5.97 Å². The van der Waals surface area contributed by atoms with E-state index in [0.717, 1.165) is 22.8 Å². The highest BCUT2D eigenvalue weighted by atomic mass is 32.2. The second-order valence-electron chi connectivity index (χ2n) is 5.35. The minimum atomic E-state index is -0.785. The van der Waals surface area contributed by atoms with Crippen LogP contribution in [0.3, 0.4) is 0 Å². The lowest BCUT2D eigenvalue weighted by Crippen LogP contribution is -2.17. The van der Waals surface area contributed by atoms with Crippen LogP contribution in [0.15, 0.2) is 54.6 Å². The Bertz CT molecular complexity index is 619. The molecule has 0 saturated heterocycles. The predicted molar refractivity (Wildman–Crippen MR) is 98.5 cm³/mol. The summed E-state index contributed by atoms with van der Waals surface area (Å²) in [5.41, 5.74) is 2.42. The number of hydrogen-bond donors (Lipinski definition) is 2. The van der Waals surface area contributed by atoms with Crippen LogP contribution in [0, 0.1) is 0 Å². The molecule has 0 heterocycles. The standard InChI is InChI=1S/C19H23NO3S/c21-19(22)9-10-20-14-17-7-4-8-18(13-17)23-11-12-24-15-16-5-2-1-3-6-16/h1-8,13,20H,9-12,14-15H2,(H,21,22). The summed E-state index contributed by atoms with van der Waals surface area (Å²) in [4.78, 5) is 10.5. The van der Waals surface area contributed by atoms with Gasteiger partial charge in [0.05, 0.1) is 13.0 Å². The number of hydrogen-bond acceptors (Lipinski definition) is 4. The number of aliphatic carboxylic acids is 1. The molecule has 2 aromatic carbocycles. The molecule has 24 heavy (non-hydrogen) atoms. The number of carboxylic acids is 1. The molecule has 0 amide bonds. The first-order chi connectivity index (χ1) is 11.7. The first kappa shape index (κ1) is 18.4.